The molecule has 3 aromatic rings. The Hall–Kier alpha value is -2.74. The largest absolute Gasteiger partial charge is 0.479 e. The summed E-state index contributed by atoms with van der Waals surface area (Å²) in [5.41, 5.74) is 2.90. The lowest BCUT2D eigenvalue weighted by Gasteiger charge is -2.28. The topological polar surface area (TPSA) is 79.7 Å². The highest BCUT2D eigenvalue weighted by Gasteiger charge is 2.33. The van der Waals surface area contributed by atoms with Crippen LogP contribution in [0.1, 0.15) is 38.0 Å². The van der Waals surface area contributed by atoms with Crippen molar-refractivity contribution in [2.75, 3.05) is 11.4 Å². The van der Waals surface area contributed by atoms with Crippen LogP contribution in [0.4, 0.5) is 5.13 Å². The summed E-state index contributed by atoms with van der Waals surface area (Å²) in [5.74, 6) is -1.19. The minimum absolute atomic E-state index is 0.117. The van der Waals surface area contributed by atoms with Gasteiger partial charge in [0.2, 0.25) is 0 Å². The fourth-order valence-corrected chi connectivity index (χ4v) is 5.02. The molecule has 0 aliphatic carbocycles. The molecule has 1 atom stereocenters. The normalized spacial score (nSPS) is 15.0. The third-order valence-corrected chi connectivity index (χ3v) is 6.42. The second-order valence-corrected chi connectivity index (χ2v) is 10.0. The van der Waals surface area contributed by atoms with Gasteiger partial charge in [-0.3, -0.25) is 9.69 Å². The molecule has 4 rings (SSSR count). The molecular weight excluding hydrogens is 448 g/mol. The summed E-state index contributed by atoms with van der Waals surface area (Å²) in [5, 5.41) is 11.3. The Morgan fingerprint density at radius 2 is 1.97 bits per heavy atom. The number of aromatic nitrogens is 1. The van der Waals surface area contributed by atoms with Crippen LogP contribution in [0.3, 0.4) is 0 Å². The number of aliphatic carboxylic acids is 1. The Balaban J connectivity index is 2.00. The first-order valence-electron chi connectivity index (χ1n) is 10.1. The molecule has 0 saturated carbocycles. The molecule has 0 bridgehead atoms. The number of halogens is 1. The van der Waals surface area contributed by atoms with Gasteiger partial charge in [0.25, 0.3) is 5.91 Å². The predicted octanol–water partition coefficient (Wildman–Crippen LogP) is 5.77. The average molecular weight is 471 g/mol. The Labute approximate surface area is 195 Å². The zero-order chi connectivity index (χ0) is 23.2. The van der Waals surface area contributed by atoms with Crippen molar-refractivity contribution >= 4 is 50.2 Å². The highest BCUT2D eigenvalue weighted by Crippen LogP contribution is 2.44. The highest BCUT2D eigenvalue weighted by molar-refractivity contribution is 7.23. The predicted molar refractivity (Wildman–Crippen MR) is 128 cm³/mol. The van der Waals surface area contributed by atoms with Crippen molar-refractivity contribution in [3.05, 3.63) is 58.6 Å². The summed E-state index contributed by atoms with van der Waals surface area (Å²) in [6.07, 6.45) is 2.15. The fourth-order valence-electron chi connectivity index (χ4n) is 3.75. The number of hydrogen-bond donors (Lipinski definition) is 1. The molecule has 2 aromatic carbocycles. The Bertz CT molecular complexity index is 1240. The number of hydrogen-bond acceptors (Lipinski definition) is 5. The summed E-state index contributed by atoms with van der Waals surface area (Å²) in [7, 11) is 0. The maximum Gasteiger partial charge on any atom is 0.337 e. The molecule has 8 heteroatoms. The third-order valence-electron chi connectivity index (χ3n) is 5.05. The minimum Gasteiger partial charge on any atom is -0.479 e. The van der Waals surface area contributed by atoms with Crippen LogP contribution in [0.2, 0.25) is 5.02 Å². The lowest BCUT2D eigenvalue weighted by molar-refractivity contribution is -0.160. The van der Waals surface area contributed by atoms with E-state index in [1.54, 1.807) is 23.1 Å². The number of nitrogens with zero attached hydrogens (tertiary/aromatic N) is 2. The first-order valence-corrected chi connectivity index (χ1v) is 11.3. The van der Waals surface area contributed by atoms with Gasteiger partial charge in [0.05, 0.1) is 15.8 Å². The number of carbonyl (C=O) groups is 2. The van der Waals surface area contributed by atoms with Gasteiger partial charge in [-0.15, -0.1) is 0 Å². The molecule has 1 N–H and O–H groups in total. The molecule has 2 heterocycles. The van der Waals surface area contributed by atoms with E-state index in [1.165, 1.54) is 17.4 Å². The summed E-state index contributed by atoms with van der Waals surface area (Å²) in [6.45, 7) is 7.81. The lowest BCUT2D eigenvalue weighted by atomic mass is 9.91. The standard InChI is InChI=1S/C24H23ClN2O4S/c1-13-12-16-21(32-23(26-16)27-11-5-6-17(27)28)19(14-7-9-15(25)10-8-14)18(13)20(22(29)30)31-24(2,3)4/h5-10,12,20H,11H2,1-4H3,(H,29,30). The third kappa shape index (κ3) is 4.28. The summed E-state index contributed by atoms with van der Waals surface area (Å²) < 4.78 is 6.81. The van der Waals surface area contributed by atoms with Gasteiger partial charge in [0, 0.05) is 28.8 Å². The molecule has 0 fully saturated rings. The maximum absolute atomic E-state index is 12.3. The smallest absolute Gasteiger partial charge is 0.337 e. The van der Waals surface area contributed by atoms with Gasteiger partial charge in [-0.25, -0.2) is 9.78 Å². The van der Waals surface area contributed by atoms with Gasteiger partial charge in [-0.1, -0.05) is 41.1 Å². The number of thiazole rings is 1. The number of amides is 1. The molecule has 0 saturated heterocycles. The molecule has 1 unspecified atom stereocenters. The van der Waals surface area contributed by atoms with Crippen LogP contribution in [0.15, 0.2) is 42.5 Å². The zero-order valence-corrected chi connectivity index (χ0v) is 19.8. The molecule has 0 spiro atoms. The van der Waals surface area contributed by atoms with Gasteiger partial charge < -0.3 is 9.84 Å². The van der Waals surface area contributed by atoms with Crippen molar-refractivity contribution in [2.24, 2.45) is 0 Å². The van der Waals surface area contributed by atoms with Crippen molar-refractivity contribution in [2.45, 2.75) is 39.4 Å². The number of carboxylic acids is 1. The number of rotatable bonds is 5. The van der Waals surface area contributed by atoms with Crippen LogP contribution in [-0.2, 0) is 14.3 Å². The Kier molecular flexibility index (Phi) is 5.83. The molecule has 1 aliphatic rings. The molecule has 1 amide bonds. The van der Waals surface area contributed by atoms with Crippen LogP contribution in [0, 0.1) is 6.92 Å². The van der Waals surface area contributed by atoms with E-state index < -0.39 is 17.7 Å². The number of fused-ring (bicyclic) bond motifs is 1. The van der Waals surface area contributed by atoms with Crippen molar-refractivity contribution in [1.29, 1.82) is 0 Å². The SMILES string of the molecule is Cc1cc2nc(N3CC=CC3=O)sc2c(-c2ccc(Cl)cc2)c1C(OC(C)(C)C)C(=O)O. The van der Waals surface area contributed by atoms with E-state index >= 15 is 0 Å². The van der Waals surface area contributed by atoms with Crippen LogP contribution < -0.4 is 4.90 Å². The number of aryl methyl sites for hydroxylation is 1. The van der Waals surface area contributed by atoms with Crippen molar-refractivity contribution in [3.8, 4) is 11.1 Å². The van der Waals surface area contributed by atoms with Crippen LogP contribution in [0.25, 0.3) is 21.3 Å². The second kappa shape index (κ2) is 8.31. The number of benzene rings is 2. The number of ether oxygens (including phenoxy) is 1. The molecule has 166 valence electrons. The molecule has 32 heavy (non-hydrogen) atoms. The van der Waals surface area contributed by atoms with E-state index in [1.807, 2.05) is 45.9 Å². The number of carbonyl (C=O) groups excluding carboxylic acids is 1. The molecule has 6 nitrogen and oxygen atoms in total. The van der Waals surface area contributed by atoms with E-state index in [0.717, 1.165) is 21.4 Å². The van der Waals surface area contributed by atoms with Gasteiger partial charge in [-0.05, 0) is 57.0 Å². The van der Waals surface area contributed by atoms with Gasteiger partial charge >= 0.3 is 5.97 Å². The Morgan fingerprint density at radius 1 is 1.28 bits per heavy atom. The minimum atomic E-state index is -1.18. The molecule has 1 aromatic heterocycles. The van der Waals surface area contributed by atoms with Crippen LogP contribution in [-0.4, -0.2) is 34.1 Å². The van der Waals surface area contributed by atoms with Crippen molar-refractivity contribution in [3.63, 3.8) is 0 Å². The van der Waals surface area contributed by atoms with E-state index in [9.17, 15) is 14.7 Å². The molecule has 1 aliphatic heterocycles. The average Bonchev–Trinajstić information content (AvgIpc) is 3.30. The first kappa shape index (κ1) is 22.5. The van der Waals surface area contributed by atoms with Crippen molar-refractivity contribution in [1.82, 2.24) is 4.98 Å². The van der Waals surface area contributed by atoms with E-state index in [0.29, 0.717) is 27.8 Å². The maximum atomic E-state index is 12.3. The van der Waals surface area contributed by atoms with Crippen LogP contribution >= 0.6 is 22.9 Å². The van der Waals surface area contributed by atoms with Gasteiger partial charge in [-0.2, -0.15) is 0 Å². The second-order valence-electron chi connectivity index (χ2n) is 8.63. The highest BCUT2D eigenvalue weighted by atomic mass is 35.5. The zero-order valence-electron chi connectivity index (χ0n) is 18.2. The Morgan fingerprint density at radius 3 is 2.53 bits per heavy atom. The number of anilines is 1. The number of carboxylic acid groups (broad SMARTS) is 1. The van der Waals surface area contributed by atoms with Gasteiger partial charge in [0.1, 0.15) is 0 Å². The monoisotopic (exact) mass is 470 g/mol. The lowest BCUT2D eigenvalue weighted by Crippen LogP contribution is -2.28. The van der Waals surface area contributed by atoms with Crippen molar-refractivity contribution < 1.29 is 19.4 Å². The summed E-state index contributed by atoms with van der Waals surface area (Å²) >= 11 is 7.48. The fraction of sp³-hybridized carbons (Fsp3) is 0.292. The molecule has 0 radical (unpaired) electrons. The van der Waals surface area contributed by atoms with Gasteiger partial charge in [0.15, 0.2) is 11.2 Å². The quantitative estimate of drug-likeness (QED) is 0.512. The summed E-state index contributed by atoms with van der Waals surface area (Å²) in [4.78, 5) is 30.9. The van der Waals surface area contributed by atoms with E-state index in [-0.39, 0.29) is 5.91 Å². The first-order chi connectivity index (χ1) is 15.0. The van der Waals surface area contributed by atoms with E-state index in [2.05, 4.69) is 0 Å². The van der Waals surface area contributed by atoms with E-state index in [4.69, 9.17) is 21.3 Å². The van der Waals surface area contributed by atoms with Crippen LogP contribution in [0.5, 0.6) is 0 Å². The molecular formula is C24H23ClN2O4S. The summed E-state index contributed by atoms with van der Waals surface area (Å²) in [6, 6.07) is 9.12.